The zero-order chi connectivity index (χ0) is 39.7. The van der Waals surface area contributed by atoms with Gasteiger partial charge in [-0.15, -0.1) is 0 Å². The molecule has 3 amide bonds. The molecular weight excluding hydrogens is 734 g/mol. The molecule has 1 aliphatic heterocycles. The first kappa shape index (κ1) is 38.1. The molecule has 4 aromatic carbocycles. The van der Waals surface area contributed by atoms with Crippen molar-refractivity contribution in [2.24, 2.45) is 0 Å². The topological polar surface area (TPSA) is 216 Å². The van der Waals surface area contributed by atoms with Gasteiger partial charge in [0, 0.05) is 12.0 Å². The number of nitrogens with one attached hydrogen (secondary N) is 3. The number of nitrogens with zero attached hydrogens (tertiary/aromatic N) is 4. The van der Waals surface area contributed by atoms with Gasteiger partial charge in [0.25, 0.3) is 5.91 Å². The fourth-order valence-electron chi connectivity index (χ4n) is 6.25. The van der Waals surface area contributed by atoms with Crippen LogP contribution in [0.25, 0.3) is 11.2 Å². The summed E-state index contributed by atoms with van der Waals surface area (Å²) in [5, 5.41) is 29.6. The van der Waals surface area contributed by atoms with Gasteiger partial charge in [-0.2, -0.15) is 0 Å². The van der Waals surface area contributed by atoms with E-state index in [-0.39, 0.29) is 30.0 Å². The number of hydrogen-bond donors (Lipinski definition) is 5. The first-order chi connectivity index (χ1) is 27.7. The molecule has 16 nitrogen and oxygen atoms in total. The van der Waals surface area contributed by atoms with Crippen molar-refractivity contribution in [2.75, 3.05) is 5.32 Å². The van der Waals surface area contributed by atoms with Crippen molar-refractivity contribution in [3.63, 3.8) is 0 Å². The summed E-state index contributed by atoms with van der Waals surface area (Å²) in [4.78, 5) is 65.0. The fraction of sp³-hybridized carbons (Fsp3) is 0.195. The number of aromatic nitrogens is 4. The number of anilines is 1. The molecule has 290 valence electrons. The fourth-order valence-corrected chi connectivity index (χ4v) is 6.25. The van der Waals surface area contributed by atoms with Crippen molar-refractivity contribution < 1.29 is 43.6 Å². The van der Waals surface area contributed by atoms with Gasteiger partial charge < -0.3 is 40.4 Å². The predicted octanol–water partition coefficient (Wildman–Crippen LogP) is 4.02. The molecule has 1 saturated heterocycles. The van der Waals surface area contributed by atoms with Gasteiger partial charge >= 0.3 is 12.1 Å². The van der Waals surface area contributed by atoms with Gasteiger partial charge in [-0.1, -0.05) is 91.0 Å². The van der Waals surface area contributed by atoms with Gasteiger partial charge in [0.05, 0.1) is 12.4 Å². The number of rotatable bonds is 14. The first-order valence-corrected chi connectivity index (χ1v) is 17.9. The van der Waals surface area contributed by atoms with Crippen molar-refractivity contribution in [3.8, 4) is 5.75 Å². The zero-order valence-electron chi connectivity index (χ0n) is 30.2. The predicted molar refractivity (Wildman–Crippen MR) is 204 cm³/mol. The highest BCUT2D eigenvalue weighted by Gasteiger charge is 2.50. The SMILES string of the molecule is O=C(N[C@@H](Cc1ccc(OCc2ccccc2)cc1)C(=O)N[C@H]1[C@@H](O)[C@H](n2cnc3c(NC(=O)c4ccccc4)ncnc32)O[C@@H]1C(=O)O)OCc1ccccc1. The highest BCUT2D eigenvalue weighted by atomic mass is 16.6. The number of carboxylic acid groups (broad SMARTS) is 1. The second kappa shape index (κ2) is 17.5. The van der Waals surface area contributed by atoms with E-state index in [1.165, 1.54) is 17.2 Å². The minimum Gasteiger partial charge on any atom is -0.489 e. The van der Waals surface area contributed by atoms with E-state index in [1.807, 2.05) is 36.4 Å². The van der Waals surface area contributed by atoms with E-state index in [9.17, 15) is 29.4 Å². The van der Waals surface area contributed by atoms with Crippen molar-refractivity contribution >= 4 is 40.9 Å². The van der Waals surface area contributed by atoms with Crippen LogP contribution < -0.4 is 20.7 Å². The van der Waals surface area contributed by atoms with Gasteiger partial charge in [-0.05, 0) is 41.0 Å². The standard InChI is InChI=1S/C41H37N7O9/c49-33-31(34(40(52)53)57-39(33)48-24-44-32-35(42-23-43-36(32)48)47-37(50)28-14-8-3-9-15-28)46-38(51)30(45-41(54)56-22-27-12-6-2-7-13-27)20-25-16-18-29(19-17-25)55-21-26-10-4-1-5-11-26/h1-19,23-24,30-31,33-34,39,49H,20-22H2,(H,45,54)(H,46,51)(H,52,53)(H,42,43,47,50)/t30-,31-,33+,34-,39+/m0/s1. The zero-order valence-corrected chi connectivity index (χ0v) is 30.2. The Hall–Kier alpha value is -7.17. The molecule has 0 saturated carbocycles. The summed E-state index contributed by atoms with van der Waals surface area (Å²) in [6.45, 7) is 0.290. The van der Waals surface area contributed by atoms with E-state index in [0.717, 1.165) is 11.1 Å². The van der Waals surface area contributed by atoms with Crippen molar-refractivity contribution in [2.45, 2.75) is 50.2 Å². The number of aliphatic hydroxyl groups is 1. The molecule has 0 spiro atoms. The van der Waals surface area contributed by atoms with E-state index in [2.05, 4.69) is 30.9 Å². The van der Waals surface area contributed by atoms with E-state index in [4.69, 9.17) is 14.2 Å². The Bertz CT molecular complexity index is 2330. The lowest BCUT2D eigenvalue weighted by molar-refractivity contribution is -0.152. The molecule has 5 N–H and O–H groups in total. The minimum absolute atomic E-state index is 0.0311. The van der Waals surface area contributed by atoms with Crippen LogP contribution in [0.5, 0.6) is 5.75 Å². The number of aliphatic hydroxyl groups excluding tert-OH is 1. The molecule has 7 rings (SSSR count). The second-order valence-corrected chi connectivity index (χ2v) is 13.1. The number of imidazole rings is 1. The normalized spacial score (nSPS) is 18.0. The Morgan fingerprint density at radius 2 is 1.44 bits per heavy atom. The van der Waals surface area contributed by atoms with E-state index in [0.29, 0.717) is 23.5 Å². The van der Waals surface area contributed by atoms with Crippen LogP contribution >= 0.6 is 0 Å². The summed E-state index contributed by atoms with van der Waals surface area (Å²) in [6, 6.07) is 31.2. The largest absolute Gasteiger partial charge is 0.489 e. The smallest absolute Gasteiger partial charge is 0.408 e. The van der Waals surface area contributed by atoms with E-state index < -0.39 is 54.4 Å². The lowest BCUT2D eigenvalue weighted by Crippen LogP contribution is -2.56. The Kier molecular flexibility index (Phi) is 11.7. The number of amides is 3. The molecule has 5 atom stereocenters. The molecule has 0 bridgehead atoms. The molecular formula is C41H37N7O9. The molecule has 57 heavy (non-hydrogen) atoms. The van der Waals surface area contributed by atoms with Crippen molar-refractivity contribution in [3.05, 3.63) is 150 Å². The summed E-state index contributed by atoms with van der Waals surface area (Å²) in [5.74, 6) is -2.06. The molecule has 0 unspecified atom stereocenters. The summed E-state index contributed by atoms with van der Waals surface area (Å²) in [6.07, 6.45) is -3.25. The van der Waals surface area contributed by atoms with Crippen LogP contribution in [0, 0.1) is 0 Å². The van der Waals surface area contributed by atoms with Crippen molar-refractivity contribution in [1.82, 2.24) is 30.2 Å². The Morgan fingerprint density at radius 1 is 0.789 bits per heavy atom. The van der Waals surface area contributed by atoms with Crippen LogP contribution in [0.3, 0.4) is 0 Å². The maximum atomic E-state index is 14.0. The number of carbonyl (C=O) groups is 4. The van der Waals surface area contributed by atoms with Crippen LogP contribution in [0.15, 0.2) is 128 Å². The van der Waals surface area contributed by atoms with Crippen LogP contribution in [0.2, 0.25) is 0 Å². The van der Waals surface area contributed by atoms with E-state index in [1.54, 1.807) is 78.9 Å². The molecule has 6 aromatic rings. The van der Waals surface area contributed by atoms with Gasteiger partial charge in [-0.3, -0.25) is 14.2 Å². The third kappa shape index (κ3) is 9.21. The Morgan fingerprint density at radius 3 is 2.11 bits per heavy atom. The molecule has 2 aromatic heterocycles. The second-order valence-electron chi connectivity index (χ2n) is 13.1. The number of carbonyl (C=O) groups excluding carboxylic acids is 3. The van der Waals surface area contributed by atoms with Crippen LogP contribution in [-0.2, 0) is 38.7 Å². The van der Waals surface area contributed by atoms with Gasteiger partial charge in [0.1, 0.15) is 37.4 Å². The van der Waals surface area contributed by atoms with Crippen LogP contribution in [0.4, 0.5) is 10.6 Å². The number of alkyl carbamates (subject to hydrolysis) is 1. The first-order valence-electron chi connectivity index (χ1n) is 17.9. The number of aliphatic carboxylic acids is 1. The van der Waals surface area contributed by atoms with E-state index >= 15 is 0 Å². The molecule has 16 heteroatoms. The van der Waals surface area contributed by atoms with Crippen LogP contribution in [-0.4, -0.2) is 77.9 Å². The average Bonchev–Trinajstić information content (AvgIpc) is 3.81. The van der Waals surface area contributed by atoms with Gasteiger partial charge in [0.2, 0.25) is 5.91 Å². The number of carboxylic acids is 1. The summed E-state index contributed by atoms with van der Waals surface area (Å²) in [7, 11) is 0. The monoisotopic (exact) mass is 771 g/mol. The molecule has 0 radical (unpaired) electrons. The lowest BCUT2D eigenvalue weighted by Gasteiger charge is -2.24. The number of hydrogen-bond acceptors (Lipinski definition) is 11. The molecule has 1 aliphatic rings. The molecule has 1 fully saturated rings. The molecule has 3 heterocycles. The summed E-state index contributed by atoms with van der Waals surface area (Å²) >= 11 is 0. The highest BCUT2D eigenvalue weighted by molar-refractivity contribution is 6.06. The maximum absolute atomic E-state index is 14.0. The van der Waals surface area contributed by atoms with Gasteiger partial charge in [0.15, 0.2) is 29.3 Å². The average molecular weight is 772 g/mol. The summed E-state index contributed by atoms with van der Waals surface area (Å²) in [5.41, 5.74) is 2.99. The quantitative estimate of drug-likeness (QED) is 0.106. The number of benzene rings is 4. The minimum atomic E-state index is -1.72. The third-order valence-electron chi connectivity index (χ3n) is 9.16. The third-order valence-corrected chi connectivity index (χ3v) is 9.16. The Balaban J connectivity index is 1.08. The lowest BCUT2D eigenvalue weighted by atomic mass is 10.0. The highest BCUT2D eigenvalue weighted by Crippen LogP contribution is 2.33. The molecule has 0 aliphatic carbocycles. The van der Waals surface area contributed by atoms with Gasteiger partial charge in [-0.25, -0.2) is 24.5 Å². The van der Waals surface area contributed by atoms with Crippen LogP contribution in [0.1, 0.15) is 33.3 Å². The summed E-state index contributed by atoms with van der Waals surface area (Å²) < 4.78 is 18.4. The number of ether oxygens (including phenoxy) is 3. The van der Waals surface area contributed by atoms with Crippen molar-refractivity contribution in [1.29, 1.82) is 0 Å². The Labute approximate surface area is 325 Å². The number of fused-ring (bicyclic) bond motifs is 1. The maximum Gasteiger partial charge on any atom is 0.408 e.